The molecule has 0 bridgehead atoms. The number of thiazole rings is 1. The minimum atomic E-state index is -0.375. The van der Waals surface area contributed by atoms with Gasteiger partial charge in [0.2, 0.25) is 0 Å². The van der Waals surface area contributed by atoms with Crippen LogP contribution in [0.5, 0.6) is 0 Å². The molecule has 1 rings (SSSR count). The van der Waals surface area contributed by atoms with Gasteiger partial charge in [0.15, 0.2) is 0 Å². The van der Waals surface area contributed by atoms with Gasteiger partial charge in [0, 0.05) is 6.20 Å². The second kappa shape index (κ2) is 4.54. The molecule has 0 spiro atoms. The average Bonchev–Trinajstić information content (AvgIpc) is 2.47. The molecular formula is C8H14N2OS. The standard InChI is InChI=1S/C8H14N2OS/c1-6-10-5-8(12-6)7(11)3-2-4-9/h5,7,11H,2-4,9H2,1H3. The maximum Gasteiger partial charge on any atom is 0.0898 e. The Bertz CT molecular complexity index is 237. The molecule has 0 aliphatic heterocycles. The van der Waals surface area contributed by atoms with Crippen LogP contribution in [0.4, 0.5) is 0 Å². The van der Waals surface area contributed by atoms with Gasteiger partial charge in [-0.15, -0.1) is 11.3 Å². The highest BCUT2D eigenvalue weighted by Crippen LogP contribution is 2.23. The van der Waals surface area contributed by atoms with E-state index in [1.54, 1.807) is 17.5 Å². The highest BCUT2D eigenvalue weighted by Gasteiger charge is 2.09. The molecular weight excluding hydrogens is 172 g/mol. The summed E-state index contributed by atoms with van der Waals surface area (Å²) in [5.74, 6) is 0. The van der Waals surface area contributed by atoms with E-state index in [0.717, 1.165) is 22.7 Å². The molecule has 0 saturated carbocycles. The quantitative estimate of drug-likeness (QED) is 0.743. The van der Waals surface area contributed by atoms with Crippen molar-refractivity contribution in [3.05, 3.63) is 16.1 Å². The number of hydrogen-bond donors (Lipinski definition) is 2. The molecule has 3 nitrogen and oxygen atoms in total. The molecule has 0 amide bonds. The second-order valence-corrected chi connectivity index (χ2v) is 3.99. The Morgan fingerprint density at radius 1 is 1.75 bits per heavy atom. The number of nitrogens with zero attached hydrogens (tertiary/aromatic N) is 1. The van der Waals surface area contributed by atoms with E-state index in [1.165, 1.54) is 0 Å². The highest BCUT2D eigenvalue weighted by molar-refractivity contribution is 7.11. The highest BCUT2D eigenvalue weighted by atomic mass is 32.1. The summed E-state index contributed by atoms with van der Waals surface area (Å²) in [6.45, 7) is 2.57. The number of aromatic nitrogens is 1. The summed E-state index contributed by atoms with van der Waals surface area (Å²) in [7, 11) is 0. The van der Waals surface area contributed by atoms with Crippen LogP contribution in [0.15, 0.2) is 6.20 Å². The van der Waals surface area contributed by atoms with Gasteiger partial charge < -0.3 is 10.8 Å². The van der Waals surface area contributed by atoms with Crippen molar-refractivity contribution in [2.45, 2.75) is 25.9 Å². The minimum Gasteiger partial charge on any atom is -0.388 e. The molecule has 1 aromatic heterocycles. The lowest BCUT2D eigenvalue weighted by molar-refractivity contribution is 0.169. The van der Waals surface area contributed by atoms with Gasteiger partial charge in [0.25, 0.3) is 0 Å². The largest absolute Gasteiger partial charge is 0.388 e. The number of nitrogens with two attached hydrogens (primary N) is 1. The normalized spacial score (nSPS) is 13.2. The predicted molar refractivity (Wildman–Crippen MR) is 50.1 cm³/mol. The minimum absolute atomic E-state index is 0.375. The monoisotopic (exact) mass is 186 g/mol. The van der Waals surface area contributed by atoms with Crippen LogP contribution in [0, 0.1) is 6.92 Å². The van der Waals surface area contributed by atoms with Gasteiger partial charge in [-0.2, -0.15) is 0 Å². The van der Waals surface area contributed by atoms with Crippen molar-refractivity contribution in [1.29, 1.82) is 0 Å². The summed E-state index contributed by atoms with van der Waals surface area (Å²) >= 11 is 1.54. The lowest BCUT2D eigenvalue weighted by atomic mass is 10.2. The van der Waals surface area contributed by atoms with Crippen molar-refractivity contribution in [2.75, 3.05) is 6.54 Å². The van der Waals surface area contributed by atoms with E-state index in [0.29, 0.717) is 6.54 Å². The number of aryl methyl sites for hydroxylation is 1. The fourth-order valence-electron chi connectivity index (χ4n) is 0.985. The molecule has 0 aromatic carbocycles. The Labute approximate surface area is 76.3 Å². The maximum atomic E-state index is 9.58. The molecule has 1 atom stereocenters. The van der Waals surface area contributed by atoms with Crippen LogP contribution in [-0.2, 0) is 0 Å². The van der Waals surface area contributed by atoms with Crippen molar-refractivity contribution in [2.24, 2.45) is 5.73 Å². The predicted octanol–water partition coefficient (Wildman–Crippen LogP) is 1.22. The van der Waals surface area contributed by atoms with Crippen LogP contribution < -0.4 is 5.73 Å². The number of aliphatic hydroxyl groups excluding tert-OH is 1. The fourth-order valence-corrected chi connectivity index (χ4v) is 1.79. The van der Waals surface area contributed by atoms with Crippen LogP contribution in [-0.4, -0.2) is 16.6 Å². The summed E-state index contributed by atoms with van der Waals surface area (Å²) in [6, 6.07) is 0. The Kier molecular flexibility index (Phi) is 3.65. The fraction of sp³-hybridized carbons (Fsp3) is 0.625. The van der Waals surface area contributed by atoms with E-state index in [4.69, 9.17) is 5.73 Å². The summed E-state index contributed by atoms with van der Waals surface area (Å²) < 4.78 is 0. The van der Waals surface area contributed by atoms with Gasteiger partial charge in [-0.05, 0) is 26.3 Å². The first-order valence-corrected chi connectivity index (χ1v) is 4.86. The Morgan fingerprint density at radius 3 is 3.00 bits per heavy atom. The first-order chi connectivity index (χ1) is 5.74. The lowest BCUT2D eigenvalue weighted by Crippen LogP contribution is -2.02. The molecule has 68 valence electrons. The van der Waals surface area contributed by atoms with Crippen LogP contribution in [0.1, 0.15) is 28.8 Å². The zero-order valence-electron chi connectivity index (χ0n) is 7.16. The molecule has 0 radical (unpaired) electrons. The smallest absolute Gasteiger partial charge is 0.0898 e. The third-order valence-electron chi connectivity index (χ3n) is 1.65. The zero-order chi connectivity index (χ0) is 8.97. The van der Waals surface area contributed by atoms with Gasteiger partial charge in [0.1, 0.15) is 0 Å². The third kappa shape index (κ3) is 2.55. The molecule has 1 heterocycles. The molecule has 0 aliphatic rings. The van der Waals surface area contributed by atoms with Gasteiger partial charge >= 0.3 is 0 Å². The van der Waals surface area contributed by atoms with Gasteiger partial charge in [-0.3, -0.25) is 0 Å². The van der Waals surface area contributed by atoms with Crippen molar-refractivity contribution >= 4 is 11.3 Å². The summed E-state index contributed by atoms with van der Waals surface area (Å²) in [6.07, 6.45) is 2.96. The second-order valence-electron chi connectivity index (χ2n) is 2.73. The van der Waals surface area contributed by atoms with E-state index >= 15 is 0 Å². The number of rotatable bonds is 4. The third-order valence-corrected chi connectivity index (χ3v) is 2.66. The van der Waals surface area contributed by atoms with Crippen LogP contribution in [0.2, 0.25) is 0 Å². The maximum absolute atomic E-state index is 9.58. The zero-order valence-corrected chi connectivity index (χ0v) is 7.97. The molecule has 0 fully saturated rings. The topological polar surface area (TPSA) is 59.1 Å². The molecule has 1 unspecified atom stereocenters. The molecule has 0 saturated heterocycles. The first-order valence-electron chi connectivity index (χ1n) is 4.04. The van der Waals surface area contributed by atoms with Crippen molar-refractivity contribution in [1.82, 2.24) is 4.98 Å². The molecule has 4 heteroatoms. The summed E-state index contributed by atoms with van der Waals surface area (Å²) in [4.78, 5) is 5.02. The van der Waals surface area contributed by atoms with Crippen molar-refractivity contribution in [3.8, 4) is 0 Å². The van der Waals surface area contributed by atoms with E-state index in [9.17, 15) is 5.11 Å². The van der Waals surface area contributed by atoms with E-state index < -0.39 is 0 Å². The number of aliphatic hydroxyl groups is 1. The Hall–Kier alpha value is -0.450. The van der Waals surface area contributed by atoms with E-state index in [-0.39, 0.29) is 6.10 Å². The van der Waals surface area contributed by atoms with E-state index in [2.05, 4.69) is 4.98 Å². The first kappa shape index (κ1) is 9.64. The molecule has 1 aromatic rings. The molecule has 3 N–H and O–H groups in total. The van der Waals surface area contributed by atoms with Crippen LogP contribution >= 0.6 is 11.3 Å². The number of hydrogen-bond acceptors (Lipinski definition) is 4. The van der Waals surface area contributed by atoms with Crippen LogP contribution in [0.25, 0.3) is 0 Å². The van der Waals surface area contributed by atoms with Gasteiger partial charge in [-0.1, -0.05) is 0 Å². The van der Waals surface area contributed by atoms with E-state index in [1.807, 2.05) is 6.92 Å². The summed E-state index contributed by atoms with van der Waals surface area (Å²) in [5, 5.41) is 10.6. The molecule has 0 aliphatic carbocycles. The Balaban J connectivity index is 2.47. The lowest BCUT2D eigenvalue weighted by Gasteiger charge is -2.05. The Morgan fingerprint density at radius 2 is 2.50 bits per heavy atom. The molecule has 12 heavy (non-hydrogen) atoms. The summed E-state index contributed by atoms with van der Waals surface area (Å²) in [5.41, 5.74) is 5.34. The average molecular weight is 186 g/mol. The SMILES string of the molecule is Cc1ncc(C(O)CCCN)s1. The van der Waals surface area contributed by atoms with Gasteiger partial charge in [-0.25, -0.2) is 4.98 Å². The van der Waals surface area contributed by atoms with Crippen molar-refractivity contribution in [3.63, 3.8) is 0 Å². The van der Waals surface area contributed by atoms with Crippen molar-refractivity contribution < 1.29 is 5.11 Å². The van der Waals surface area contributed by atoms with Gasteiger partial charge in [0.05, 0.1) is 16.0 Å². The van der Waals surface area contributed by atoms with Crippen LogP contribution in [0.3, 0.4) is 0 Å².